The maximum atomic E-state index is 9.89. The molecular weight excluding hydrogens is 420 g/mol. The molecule has 0 amide bonds. The predicted octanol–water partition coefficient (Wildman–Crippen LogP) is 2.78. The number of nitrogens with one attached hydrogen (secondary N) is 1. The summed E-state index contributed by atoms with van der Waals surface area (Å²) in [6.45, 7) is 2.81. The normalized spacial score (nSPS) is 27.9. The number of H-pyrrole nitrogens is 1. The minimum atomic E-state index is -0.617. The van der Waals surface area contributed by atoms with Crippen LogP contribution in [0.2, 0.25) is 5.02 Å². The highest BCUT2D eigenvalue weighted by Gasteiger charge is 2.48. The highest BCUT2D eigenvalue weighted by atomic mass is 35.5. The molecule has 0 unspecified atom stereocenters. The number of fused-ring (bicyclic) bond motifs is 2. The van der Waals surface area contributed by atoms with Crippen LogP contribution in [0.5, 0.6) is 6.01 Å². The molecule has 8 nitrogen and oxygen atoms in total. The number of anilines is 1. The van der Waals surface area contributed by atoms with Gasteiger partial charge in [-0.15, -0.1) is 0 Å². The molecule has 0 spiro atoms. The molecule has 3 aliphatic heterocycles. The number of aliphatic hydroxyl groups is 1. The molecule has 0 aliphatic carbocycles. The number of halogens is 1. The minimum absolute atomic E-state index is 0.256. The summed E-state index contributed by atoms with van der Waals surface area (Å²) in [5.74, 6) is 0. The third-order valence-corrected chi connectivity index (χ3v) is 6.55. The van der Waals surface area contributed by atoms with E-state index in [1.807, 2.05) is 6.07 Å². The Kier molecular flexibility index (Phi) is 4.75. The van der Waals surface area contributed by atoms with E-state index in [1.54, 1.807) is 0 Å². The minimum Gasteiger partial charge on any atom is -0.456 e. The van der Waals surface area contributed by atoms with E-state index in [9.17, 15) is 5.11 Å². The number of ether oxygens (including phenoxy) is 3. The van der Waals surface area contributed by atoms with Crippen LogP contribution in [0.25, 0.3) is 22.4 Å². The maximum absolute atomic E-state index is 9.89. The van der Waals surface area contributed by atoms with Crippen molar-refractivity contribution in [3.05, 3.63) is 35.4 Å². The number of aliphatic hydroxyl groups excluding tert-OH is 1. The molecule has 2 aromatic heterocycles. The molecule has 0 saturated carbocycles. The zero-order valence-electron chi connectivity index (χ0n) is 16.8. The number of hydrogen-bond acceptors (Lipinski definition) is 7. The average molecular weight is 443 g/mol. The third kappa shape index (κ3) is 3.43. The number of pyridine rings is 1. The van der Waals surface area contributed by atoms with Crippen LogP contribution in [-0.2, 0) is 9.47 Å². The Balaban J connectivity index is 1.24. The van der Waals surface area contributed by atoms with Crippen LogP contribution in [0.1, 0.15) is 12.8 Å². The lowest BCUT2D eigenvalue weighted by Gasteiger charge is -2.17. The molecule has 3 aromatic rings. The molecule has 2 N–H and O–H groups in total. The van der Waals surface area contributed by atoms with Gasteiger partial charge in [0.1, 0.15) is 18.3 Å². The van der Waals surface area contributed by atoms with Crippen molar-refractivity contribution in [2.45, 2.75) is 37.3 Å². The van der Waals surface area contributed by atoms with Gasteiger partial charge in [-0.1, -0.05) is 23.7 Å². The quantitative estimate of drug-likeness (QED) is 0.641. The number of imidazole rings is 1. The van der Waals surface area contributed by atoms with Gasteiger partial charge in [0.2, 0.25) is 0 Å². The van der Waals surface area contributed by atoms with E-state index in [0.717, 1.165) is 18.7 Å². The molecule has 31 heavy (non-hydrogen) atoms. The first kappa shape index (κ1) is 19.3. The van der Waals surface area contributed by atoms with Gasteiger partial charge in [-0.05, 0) is 31.0 Å². The van der Waals surface area contributed by atoms with Crippen LogP contribution < -0.4 is 9.64 Å². The smallest absolute Gasteiger partial charge is 0.296 e. The van der Waals surface area contributed by atoms with Gasteiger partial charge in [-0.2, -0.15) is 4.98 Å². The molecule has 9 heteroatoms. The van der Waals surface area contributed by atoms with E-state index in [4.69, 9.17) is 25.8 Å². The second-order valence-electron chi connectivity index (χ2n) is 8.29. The molecule has 4 atom stereocenters. The molecular formula is C22H23ClN4O4. The molecule has 162 valence electrons. The van der Waals surface area contributed by atoms with Crippen molar-refractivity contribution in [3.63, 3.8) is 0 Å². The fourth-order valence-electron chi connectivity index (χ4n) is 4.65. The topological polar surface area (TPSA) is 92.7 Å². The Bertz CT molecular complexity index is 1100. The SMILES string of the molecule is O[C@@H]1CO[C@H]2[C@@H]1OC[C@H]2Oc1nc2nc(-c3ccc(N4CCCC4)cc3)c(Cl)cc2[nH]1. The van der Waals surface area contributed by atoms with E-state index in [2.05, 4.69) is 44.1 Å². The zero-order chi connectivity index (χ0) is 20.9. The predicted molar refractivity (Wildman–Crippen MR) is 116 cm³/mol. The van der Waals surface area contributed by atoms with Gasteiger partial charge in [0, 0.05) is 24.3 Å². The van der Waals surface area contributed by atoms with Gasteiger partial charge < -0.3 is 29.2 Å². The largest absolute Gasteiger partial charge is 0.456 e. The summed E-state index contributed by atoms with van der Waals surface area (Å²) in [4.78, 5) is 14.7. The summed E-state index contributed by atoms with van der Waals surface area (Å²) < 4.78 is 17.2. The summed E-state index contributed by atoms with van der Waals surface area (Å²) in [6, 6.07) is 10.5. The monoisotopic (exact) mass is 442 g/mol. The Morgan fingerprint density at radius 3 is 2.65 bits per heavy atom. The Labute approximate surface area is 184 Å². The summed E-state index contributed by atoms with van der Waals surface area (Å²) in [7, 11) is 0. The summed E-state index contributed by atoms with van der Waals surface area (Å²) in [6.07, 6.45) is 0.888. The standard InChI is InChI=1S/C22H23ClN4O4/c23-14-9-15-21(25-18(14)12-3-5-13(6-4-12)27-7-1-2-8-27)26-22(24-15)31-17-11-30-19-16(28)10-29-20(17)19/h3-6,9,16-17,19-20,28H,1-2,7-8,10-11H2,(H,24,25,26)/t16-,17-,19-,20-/m1/s1. The fraction of sp³-hybridized carbons (Fsp3) is 0.455. The molecule has 3 saturated heterocycles. The lowest BCUT2D eigenvalue weighted by atomic mass is 10.1. The second kappa shape index (κ2) is 7.63. The first-order chi connectivity index (χ1) is 15.2. The van der Waals surface area contributed by atoms with Crippen LogP contribution in [0.3, 0.4) is 0 Å². The first-order valence-corrected chi connectivity index (χ1v) is 11.0. The maximum Gasteiger partial charge on any atom is 0.296 e. The van der Waals surface area contributed by atoms with Crippen molar-refractivity contribution in [2.75, 3.05) is 31.2 Å². The van der Waals surface area contributed by atoms with Crippen molar-refractivity contribution in [1.29, 1.82) is 0 Å². The number of benzene rings is 1. The molecule has 0 radical (unpaired) electrons. The summed E-state index contributed by atoms with van der Waals surface area (Å²) in [5, 5.41) is 10.4. The van der Waals surface area contributed by atoms with Crippen molar-refractivity contribution >= 4 is 28.5 Å². The van der Waals surface area contributed by atoms with Crippen LogP contribution in [0.4, 0.5) is 5.69 Å². The van der Waals surface area contributed by atoms with E-state index in [-0.39, 0.29) is 24.9 Å². The van der Waals surface area contributed by atoms with Crippen molar-refractivity contribution in [2.24, 2.45) is 0 Å². The molecule has 1 aromatic carbocycles. The van der Waals surface area contributed by atoms with Gasteiger partial charge in [0.05, 0.1) is 29.4 Å². The number of hydrogen-bond donors (Lipinski definition) is 2. The lowest BCUT2D eigenvalue weighted by Crippen LogP contribution is -2.34. The number of aromatic nitrogens is 3. The fourth-order valence-corrected chi connectivity index (χ4v) is 4.91. The van der Waals surface area contributed by atoms with E-state index < -0.39 is 6.10 Å². The van der Waals surface area contributed by atoms with Gasteiger partial charge in [0.25, 0.3) is 6.01 Å². The molecule has 6 rings (SSSR count). The van der Waals surface area contributed by atoms with Gasteiger partial charge >= 0.3 is 0 Å². The van der Waals surface area contributed by atoms with Crippen LogP contribution in [0.15, 0.2) is 30.3 Å². The van der Waals surface area contributed by atoms with Crippen molar-refractivity contribution < 1.29 is 19.3 Å². The molecule has 0 bridgehead atoms. The van der Waals surface area contributed by atoms with Gasteiger partial charge in [0.15, 0.2) is 11.8 Å². The Morgan fingerprint density at radius 2 is 1.84 bits per heavy atom. The van der Waals surface area contributed by atoms with E-state index in [0.29, 0.717) is 34.5 Å². The van der Waals surface area contributed by atoms with Crippen LogP contribution in [-0.4, -0.2) is 70.8 Å². The van der Waals surface area contributed by atoms with Crippen molar-refractivity contribution in [1.82, 2.24) is 15.0 Å². The zero-order valence-corrected chi connectivity index (χ0v) is 17.6. The molecule has 3 aliphatic rings. The highest BCUT2D eigenvalue weighted by Crippen LogP contribution is 2.33. The Morgan fingerprint density at radius 1 is 1.06 bits per heavy atom. The lowest BCUT2D eigenvalue weighted by molar-refractivity contribution is 0.00706. The third-order valence-electron chi connectivity index (χ3n) is 6.26. The number of rotatable bonds is 4. The number of aromatic amines is 1. The van der Waals surface area contributed by atoms with Crippen LogP contribution in [0, 0.1) is 0 Å². The molecule has 5 heterocycles. The Hall–Kier alpha value is -2.39. The van der Waals surface area contributed by atoms with E-state index in [1.165, 1.54) is 18.5 Å². The summed E-state index contributed by atoms with van der Waals surface area (Å²) in [5.41, 5.74) is 4.08. The van der Waals surface area contributed by atoms with Crippen LogP contribution >= 0.6 is 11.6 Å². The van der Waals surface area contributed by atoms with E-state index >= 15 is 0 Å². The van der Waals surface area contributed by atoms with Gasteiger partial charge in [-0.25, -0.2) is 4.98 Å². The van der Waals surface area contributed by atoms with Gasteiger partial charge in [-0.3, -0.25) is 0 Å². The highest BCUT2D eigenvalue weighted by molar-refractivity contribution is 6.33. The summed E-state index contributed by atoms with van der Waals surface area (Å²) >= 11 is 6.54. The average Bonchev–Trinajstić information content (AvgIpc) is 3.55. The second-order valence-corrected chi connectivity index (χ2v) is 8.70. The molecule has 3 fully saturated rings. The van der Waals surface area contributed by atoms with Crippen molar-refractivity contribution in [3.8, 4) is 17.3 Å². The first-order valence-electron chi connectivity index (χ1n) is 10.7. The number of nitrogens with zero attached hydrogens (tertiary/aromatic N) is 3.